The predicted octanol–water partition coefficient (Wildman–Crippen LogP) is 2.68. The zero-order valence-corrected chi connectivity index (χ0v) is 13.0. The highest BCUT2D eigenvalue weighted by molar-refractivity contribution is 5.76. The van der Waals surface area contributed by atoms with E-state index in [0.717, 1.165) is 23.8 Å². The molecule has 2 rings (SSSR count). The maximum absolute atomic E-state index is 12.6. The van der Waals surface area contributed by atoms with Crippen LogP contribution in [0.2, 0.25) is 0 Å². The minimum absolute atomic E-state index is 0.00815. The first-order chi connectivity index (χ1) is 10.1. The Morgan fingerprint density at radius 1 is 1.14 bits per heavy atom. The van der Waals surface area contributed by atoms with Gasteiger partial charge in [-0.1, -0.05) is 0 Å². The molecule has 1 saturated heterocycles. The molecule has 0 atom stereocenters. The number of alkyl halides is 3. The van der Waals surface area contributed by atoms with E-state index in [-0.39, 0.29) is 5.54 Å². The van der Waals surface area contributed by atoms with Crippen molar-refractivity contribution in [2.75, 3.05) is 26.2 Å². The van der Waals surface area contributed by atoms with E-state index >= 15 is 0 Å². The zero-order valence-electron chi connectivity index (χ0n) is 13.0. The Kier molecular flexibility index (Phi) is 4.51. The van der Waals surface area contributed by atoms with Crippen LogP contribution in [0.1, 0.15) is 32.8 Å². The number of carbonyl (C=O) groups is 1. The Hall–Kier alpha value is -1.57. The lowest BCUT2D eigenvalue weighted by atomic mass is 10.1. The number of hydrogen-bond acceptors (Lipinski definition) is 3. The van der Waals surface area contributed by atoms with Crippen LogP contribution in [0.5, 0.6) is 0 Å². The average Bonchev–Trinajstić information content (AvgIpc) is 2.74. The van der Waals surface area contributed by atoms with Gasteiger partial charge in [-0.3, -0.25) is 4.90 Å². The van der Waals surface area contributed by atoms with Gasteiger partial charge < -0.3 is 4.90 Å². The summed E-state index contributed by atoms with van der Waals surface area (Å²) in [6.45, 7) is 8.88. The molecule has 1 aliphatic heterocycles. The maximum atomic E-state index is 12.6. The van der Waals surface area contributed by atoms with Crippen molar-refractivity contribution >= 4 is 6.03 Å². The molecule has 5 nitrogen and oxygen atoms in total. The smallest absolute Gasteiger partial charge is 0.322 e. The molecule has 0 aliphatic carbocycles. The van der Waals surface area contributed by atoms with Gasteiger partial charge in [0.25, 0.3) is 0 Å². The van der Waals surface area contributed by atoms with E-state index in [1.54, 1.807) is 4.90 Å². The van der Waals surface area contributed by atoms with Gasteiger partial charge >= 0.3 is 12.2 Å². The lowest BCUT2D eigenvalue weighted by Gasteiger charge is -2.34. The second kappa shape index (κ2) is 5.91. The van der Waals surface area contributed by atoms with Crippen LogP contribution in [0.25, 0.3) is 0 Å². The number of nitrogens with zero attached hydrogens (tertiary/aromatic N) is 4. The van der Waals surface area contributed by atoms with Gasteiger partial charge in [-0.15, -0.1) is 0 Å². The van der Waals surface area contributed by atoms with Crippen molar-refractivity contribution in [3.63, 3.8) is 0 Å². The number of hydrogen-bond donors (Lipinski definition) is 0. The molecule has 1 aromatic rings. The Bertz CT molecular complexity index is 533. The van der Waals surface area contributed by atoms with Gasteiger partial charge in [0.1, 0.15) is 0 Å². The molecule has 124 valence electrons. The molecule has 1 aliphatic rings. The van der Waals surface area contributed by atoms with E-state index in [1.165, 1.54) is 0 Å². The van der Waals surface area contributed by atoms with Gasteiger partial charge in [-0.05, 0) is 27.2 Å². The summed E-state index contributed by atoms with van der Waals surface area (Å²) in [5, 5.41) is 3.55. The summed E-state index contributed by atoms with van der Waals surface area (Å²) in [5.74, 6) is 0. The molecule has 0 aromatic carbocycles. The van der Waals surface area contributed by atoms with Crippen molar-refractivity contribution in [1.82, 2.24) is 19.6 Å². The van der Waals surface area contributed by atoms with E-state index in [4.69, 9.17) is 0 Å². The van der Waals surface area contributed by atoms with E-state index in [9.17, 15) is 18.0 Å². The second-order valence-electron chi connectivity index (χ2n) is 6.45. The predicted molar refractivity (Wildman–Crippen MR) is 75.5 cm³/mol. The first kappa shape index (κ1) is 16.8. The highest BCUT2D eigenvalue weighted by atomic mass is 19.4. The molecular weight excluding hydrogens is 297 g/mol. The van der Waals surface area contributed by atoms with Crippen molar-refractivity contribution in [2.24, 2.45) is 0 Å². The van der Waals surface area contributed by atoms with Crippen molar-refractivity contribution in [2.45, 2.75) is 38.9 Å². The topological polar surface area (TPSA) is 41.4 Å². The van der Waals surface area contributed by atoms with Crippen molar-refractivity contribution in [1.29, 1.82) is 0 Å². The van der Waals surface area contributed by atoms with Crippen LogP contribution in [-0.2, 0) is 6.18 Å². The molecule has 0 unspecified atom stereocenters. The molecule has 0 bridgehead atoms. The van der Waals surface area contributed by atoms with E-state index in [2.05, 4.69) is 30.8 Å². The Balaban J connectivity index is 2.06. The van der Waals surface area contributed by atoms with Gasteiger partial charge in [0.2, 0.25) is 0 Å². The third-order valence-corrected chi connectivity index (χ3v) is 3.82. The molecule has 0 spiro atoms. The maximum Gasteiger partial charge on any atom is 0.419 e. The standard InChI is InChI=1S/C14H21F3N4O/c1-13(2,3)20-6-4-5-19(7-8-20)12(22)21-10-11(9-18-21)14(15,16)17/h9-10H,4-8H2,1-3H3. The van der Waals surface area contributed by atoms with Crippen molar-refractivity contribution < 1.29 is 18.0 Å². The number of halogens is 3. The van der Waals surface area contributed by atoms with Crippen LogP contribution in [0.4, 0.5) is 18.0 Å². The van der Waals surface area contributed by atoms with Crippen LogP contribution in [0, 0.1) is 0 Å². The van der Waals surface area contributed by atoms with Gasteiger partial charge in [0, 0.05) is 37.9 Å². The van der Waals surface area contributed by atoms with Crippen molar-refractivity contribution in [3.8, 4) is 0 Å². The summed E-state index contributed by atoms with van der Waals surface area (Å²) in [6, 6.07) is -0.508. The summed E-state index contributed by atoms with van der Waals surface area (Å²) in [5.41, 5.74) is -0.902. The highest BCUT2D eigenvalue weighted by Crippen LogP contribution is 2.28. The minimum atomic E-state index is -4.49. The summed E-state index contributed by atoms with van der Waals surface area (Å²) in [4.78, 5) is 16.1. The number of carbonyl (C=O) groups excluding carboxylic acids is 1. The SMILES string of the molecule is CC(C)(C)N1CCCN(C(=O)n2cc(C(F)(F)F)cn2)CC1. The molecular formula is C14H21F3N4O. The van der Waals surface area contributed by atoms with Crippen molar-refractivity contribution in [3.05, 3.63) is 18.0 Å². The fraction of sp³-hybridized carbons (Fsp3) is 0.714. The minimum Gasteiger partial charge on any atom is -0.322 e. The first-order valence-corrected chi connectivity index (χ1v) is 7.25. The average molecular weight is 318 g/mol. The molecule has 2 heterocycles. The summed E-state index contributed by atoms with van der Waals surface area (Å²) >= 11 is 0. The Morgan fingerprint density at radius 2 is 1.82 bits per heavy atom. The Morgan fingerprint density at radius 3 is 2.36 bits per heavy atom. The van der Waals surface area contributed by atoms with E-state index < -0.39 is 17.8 Å². The van der Waals surface area contributed by atoms with E-state index in [0.29, 0.717) is 25.8 Å². The van der Waals surface area contributed by atoms with Crippen LogP contribution in [-0.4, -0.2) is 57.3 Å². The second-order valence-corrected chi connectivity index (χ2v) is 6.45. The molecule has 1 aromatic heterocycles. The fourth-order valence-electron chi connectivity index (χ4n) is 2.50. The molecule has 1 amide bonds. The summed E-state index contributed by atoms with van der Waals surface area (Å²) < 4.78 is 38.5. The molecule has 22 heavy (non-hydrogen) atoms. The number of aromatic nitrogens is 2. The lowest BCUT2D eigenvalue weighted by Crippen LogP contribution is -2.44. The van der Waals surface area contributed by atoms with Crippen LogP contribution < -0.4 is 0 Å². The molecule has 0 saturated carbocycles. The van der Waals surface area contributed by atoms with Gasteiger partial charge in [-0.2, -0.15) is 23.0 Å². The largest absolute Gasteiger partial charge is 0.419 e. The monoisotopic (exact) mass is 318 g/mol. The van der Waals surface area contributed by atoms with Gasteiger partial charge in [-0.25, -0.2) is 4.79 Å². The Labute approximate surface area is 127 Å². The normalized spacial score (nSPS) is 18.4. The summed E-state index contributed by atoms with van der Waals surface area (Å²) in [7, 11) is 0. The quantitative estimate of drug-likeness (QED) is 0.738. The third-order valence-electron chi connectivity index (χ3n) is 3.82. The summed E-state index contributed by atoms with van der Waals surface area (Å²) in [6.07, 6.45) is -2.28. The molecule has 8 heteroatoms. The first-order valence-electron chi connectivity index (χ1n) is 7.25. The molecule has 1 fully saturated rings. The molecule has 0 N–H and O–H groups in total. The highest BCUT2D eigenvalue weighted by Gasteiger charge is 2.33. The van der Waals surface area contributed by atoms with Gasteiger partial charge in [0.05, 0.1) is 11.8 Å². The van der Waals surface area contributed by atoms with Gasteiger partial charge in [0.15, 0.2) is 0 Å². The van der Waals surface area contributed by atoms with Crippen LogP contribution >= 0.6 is 0 Å². The lowest BCUT2D eigenvalue weighted by molar-refractivity contribution is -0.137. The zero-order chi connectivity index (χ0) is 16.5. The third kappa shape index (κ3) is 3.79. The number of amides is 1. The van der Waals surface area contributed by atoms with Crippen LogP contribution in [0.15, 0.2) is 12.4 Å². The van der Waals surface area contributed by atoms with Crippen LogP contribution in [0.3, 0.4) is 0 Å². The molecule has 0 radical (unpaired) electrons. The fourth-order valence-corrected chi connectivity index (χ4v) is 2.50. The number of rotatable bonds is 0. The van der Waals surface area contributed by atoms with E-state index in [1.807, 2.05) is 0 Å².